The number of rotatable bonds is 2. The fourth-order valence-electron chi connectivity index (χ4n) is 3.24. The molecule has 1 aromatic rings. The lowest BCUT2D eigenvalue weighted by atomic mass is 9.72. The van der Waals surface area contributed by atoms with E-state index in [2.05, 4.69) is 0 Å². The molecule has 1 N–H and O–H groups in total. The van der Waals surface area contributed by atoms with Crippen molar-refractivity contribution in [3.05, 3.63) is 42.5 Å². The number of para-hydroxylation sites is 1. The van der Waals surface area contributed by atoms with Gasteiger partial charge in [0.05, 0.1) is 23.4 Å². The Bertz CT molecular complexity index is 637. The van der Waals surface area contributed by atoms with Crippen LogP contribution < -0.4 is 4.90 Å². The highest BCUT2D eigenvalue weighted by molar-refractivity contribution is 6.23. The molecular formula is C16H15NO4. The fraction of sp³-hybridized carbons (Fsp3) is 0.312. The normalized spacial score (nSPS) is 31.4. The molecular weight excluding hydrogens is 270 g/mol. The van der Waals surface area contributed by atoms with Gasteiger partial charge < -0.3 is 5.11 Å². The van der Waals surface area contributed by atoms with Gasteiger partial charge in [-0.3, -0.25) is 19.3 Å². The summed E-state index contributed by atoms with van der Waals surface area (Å²) < 4.78 is 0. The van der Waals surface area contributed by atoms with Crippen molar-refractivity contribution in [2.75, 3.05) is 4.90 Å². The van der Waals surface area contributed by atoms with Crippen LogP contribution in [-0.2, 0) is 14.4 Å². The van der Waals surface area contributed by atoms with E-state index in [1.54, 1.807) is 36.4 Å². The van der Waals surface area contributed by atoms with E-state index in [0.29, 0.717) is 5.69 Å². The number of allylic oxidation sites excluding steroid dienone is 1. The van der Waals surface area contributed by atoms with Gasteiger partial charge in [0.15, 0.2) is 0 Å². The number of amides is 2. The van der Waals surface area contributed by atoms with Gasteiger partial charge in [-0.25, -0.2) is 0 Å². The third-order valence-corrected chi connectivity index (χ3v) is 4.27. The van der Waals surface area contributed by atoms with Crippen molar-refractivity contribution in [3.63, 3.8) is 0 Å². The monoisotopic (exact) mass is 285 g/mol. The van der Waals surface area contributed by atoms with Gasteiger partial charge in [-0.15, -0.1) is 0 Å². The van der Waals surface area contributed by atoms with Gasteiger partial charge in [0.1, 0.15) is 0 Å². The Balaban J connectivity index is 2.05. The summed E-state index contributed by atoms with van der Waals surface area (Å²) in [6.45, 7) is 1.84. The van der Waals surface area contributed by atoms with Crippen molar-refractivity contribution in [2.45, 2.75) is 6.92 Å². The minimum absolute atomic E-state index is 0.143. The minimum Gasteiger partial charge on any atom is -0.481 e. The smallest absolute Gasteiger partial charge is 0.311 e. The maximum atomic E-state index is 12.6. The molecule has 0 saturated carbocycles. The highest BCUT2D eigenvalue weighted by Gasteiger charge is 2.55. The molecule has 0 unspecified atom stereocenters. The summed E-state index contributed by atoms with van der Waals surface area (Å²) in [7, 11) is 0. The predicted molar refractivity (Wildman–Crippen MR) is 75.3 cm³/mol. The number of nitrogens with zero attached hydrogens (tertiary/aromatic N) is 1. The second-order valence-corrected chi connectivity index (χ2v) is 5.51. The summed E-state index contributed by atoms with van der Waals surface area (Å²) in [5, 5.41) is 9.30. The lowest BCUT2D eigenvalue weighted by molar-refractivity contribution is -0.145. The number of carboxylic acid groups (broad SMARTS) is 1. The molecule has 5 heteroatoms. The number of imide groups is 1. The summed E-state index contributed by atoms with van der Waals surface area (Å²) in [5.41, 5.74) is 0.498. The van der Waals surface area contributed by atoms with Crippen LogP contribution in [0.3, 0.4) is 0 Å². The second kappa shape index (κ2) is 4.84. The van der Waals surface area contributed by atoms with Crippen molar-refractivity contribution in [3.8, 4) is 0 Å². The van der Waals surface area contributed by atoms with Crippen LogP contribution in [0, 0.1) is 23.7 Å². The predicted octanol–water partition coefficient (Wildman–Crippen LogP) is 1.70. The van der Waals surface area contributed by atoms with Crippen molar-refractivity contribution < 1.29 is 19.5 Å². The van der Waals surface area contributed by atoms with Crippen LogP contribution in [0.2, 0.25) is 0 Å². The van der Waals surface area contributed by atoms with Gasteiger partial charge in [-0.2, -0.15) is 0 Å². The van der Waals surface area contributed by atoms with Crippen LogP contribution in [0.5, 0.6) is 0 Å². The van der Waals surface area contributed by atoms with E-state index in [4.69, 9.17) is 0 Å². The quantitative estimate of drug-likeness (QED) is 0.663. The number of aliphatic carboxylic acids is 1. The van der Waals surface area contributed by atoms with Crippen molar-refractivity contribution in [2.24, 2.45) is 23.7 Å². The number of hydrogen-bond acceptors (Lipinski definition) is 3. The summed E-state index contributed by atoms with van der Waals surface area (Å²) in [4.78, 5) is 37.7. The molecule has 0 bridgehead atoms. The number of benzene rings is 1. The maximum absolute atomic E-state index is 12.6. The van der Waals surface area contributed by atoms with Gasteiger partial charge in [-0.1, -0.05) is 37.3 Å². The second-order valence-electron chi connectivity index (χ2n) is 5.51. The van der Waals surface area contributed by atoms with Gasteiger partial charge in [0.25, 0.3) is 0 Å². The number of carbonyl (C=O) groups excluding carboxylic acids is 2. The highest BCUT2D eigenvalue weighted by Crippen LogP contribution is 2.43. The average molecular weight is 285 g/mol. The first-order valence-corrected chi connectivity index (χ1v) is 6.86. The maximum Gasteiger partial charge on any atom is 0.311 e. The van der Waals surface area contributed by atoms with E-state index in [1.807, 2.05) is 6.92 Å². The molecule has 21 heavy (non-hydrogen) atoms. The molecule has 4 atom stereocenters. The SMILES string of the molecule is C[C@H]1C=C[C@@H](C(=O)O)[C@H]2C(=O)N(c3ccccc3)C(=O)[C@@H]21. The third-order valence-electron chi connectivity index (χ3n) is 4.27. The van der Waals surface area contributed by atoms with Crippen LogP contribution >= 0.6 is 0 Å². The van der Waals surface area contributed by atoms with Crippen LogP contribution in [0.25, 0.3) is 0 Å². The Morgan fingerprint density at radius 2 is 1.67 bits per heavy atom. The Labute approximate surface area is 121 Å². The molecule has 2 aliphatic rings. The molecule has 1 heterocycles. The lowest BCUT2D eigenvalue weighted by Gasteiger charge is -2.27. The van der Waals surface area contributed by atoms with Crippen molar-refractivity contribution >= 4 is 23.5 Å². The van der Waals surface area contributed by atoms with E-state index >= 15 is 0 Å². The number of carboxylic acids is 1. The van der Waals surface area contributed by atoms with Gasteiger partial charge in [0, 0.05) is 0 Å². The summed E-state index contributed by atoms with van der Waals surface area (Å²) in [6, 6.07) is 8.65. The average Bonchev–Trinajstić information content (AvgIpc) is 2.73. The Morgan fingerprint density at radius 1 is 1.05 bits per heavy atom. The first-order valence-electron chi connectivity index (χ1n) is 6.86. The zero-order chi connectivity index (χ0) is 15.1. The van der Waals surface area contributed by atoms with Crippen molar-refractivity contribution in [1.29, 1.82) is 0 Å². The van der Waals surface area contributed by atoms with Crippen molar-refractivity contribution in [1.82, 2.24) is 0 Å². The molecule has 1 fully saturated rings. The first-order chi connectivity index (χ1) is 10.0. The van der Waals surface area contributed by atoms with E-state index in [9.17, 15) is 19.5 Å². The number of carbonyl (C=O) groups is 3. The Kier molecular flexibility index (Phi) is 3.12. The van der Waals surface area contributed by atoms with E-state index in [-0.39, 0.29) is 11.8 Å². The van der Waals surface area contributed by atoms with E-state index in [0.717, 1.165) is 4.90 Å². The van der Waals surface area contributed by atoms with Gasteiger partial charge in [-0.05, 0) is 18.1 Å². The topological polar surface area (TPSA) is 74.7 Å². The van der Waals surface area contributed by atoms with Gasteiger partial charge >= 0.3 is 5.97 Å². The van der Waals surface area contributed by atoms with Crippen LogP contribution in [0.15, 0.2) is 42.5 Å². The fourth-order valence-corrected chi connectivity index (χ4v) is 3.24. The standard InChI is InChI=1S/C16H15NO4/c1-9-7-8-11(16(20)21)13-12(9)14(18)17(15(13)19)10-5-3-2-4-6-10/h2-9,11-13H,1H3,(H,20,21)/t9-,11+,12+,13+/m0/s1. The number of hydrogen-bond donors (Lipinski definition) is 1. The molecule has 5 nitrogen and oxygen atoms in total. The van der Waals surface area contributed by atoms with Gasteiger partial charge in [0.2, 0.25) is 11.8 Å². The summed E-state index contributed by atoms with van der Waals surface area (Å²) >= 11 is 0. The van der Waals surface area contributed by atoms with E-state index in [1.165, 1.54) is 6.08 Å². The number of anilines is 1. The molecule has 1 aromatic carbocycles. The van der Waals surface area contributed by atoms with E-state index < -0.39 is 29.6 Å². The Morgan fingerprint density at radius 3 is 2.29 bits per heavy atom. The summed E-state index contributed by atoms with van der Waals surface area (Å²) in [5.74, 6) is -4.27. The summed E-state index contributed by atoms with van der Waals surface area (Å²) in [6.07, 6.45) is 3.26. The Hall–Kier alpha value is -2.43. The molecule has 0 aromatic heterocycles. The lowest BCUT2D eigenvalue weighted by Crippen LogP contribution is -2.36. The molecule has 1 aliphatic heterocycles. The molecule has 1 aliphatic carbocycles. The first kappa shape index (κ1) is 13.5. The highest BCUT2D eigenvalue weighted by atomic mass is 16.4. The molecule has 0 radical (unpaired) electrons. The molecule has 3 rings (SSSR count). The molecule has 0 spiro atoms. The van der Waals surface area contributed by atoms with Crippen LogP contribution in [0.4, 0.5) is 5.69 Å². The van der Waals surface area contributed by atoms with Crippen LogP contribution in [0.1, 0.15) is 6.92 Å². The largest absolute Gasteiger partial charge is 0.481 e. The zero-order valence-electron chi connectivity index (χ0n) is 11.5. The molecule has 2 amide bonds. The number of fused-ring (bicyclic) bond motifs is 1. The third kappa shape index (κ3) is 1.96. The zero-order valence-corrected chi connectivity index (χ0v) is 11.5. The van der Waals surface area contributed by atoms with Crippen LogP contribution in [-0.4, -0.2) is 22.9 Å². The molecule has 1 saturated heterocycles. The minimum atomic E-state index is -1.07. The molecule has 108 valence electrons.